The van der Waals surface area contributed by atoms with Gasteiger partial charge in [-0.2, -0.15) is 0 Å². The lowest BCUT2D eigenvalue weighted by atomic mass is 10.1. The first-order valence-corrected chi connectivity index (χ1v) is 6.22. The minimum absolute atomic E-state index is 0.719. The topological polar surface area (TPSA) is 29.3 Å². The van der Waals surface area contributed by atoms with Crippen LogP contribution in [0.3, 0.4) is 0 Å². The summed E-state index contributed by atoms with van der Waals surface area (Å²) in [4.78, 5) is 2.41. The molecule has 0 saturated heterocycles. The summed E-state index contributed by atoms with van der Waals surface area (Å²) in [5.74, 6) is 0. The van der Waals surface area contributed by atoms with Gasteiger partial charge in [0.1, 0.15) is 0 Å². The maximum Gasteiger partial charge on any atom is 0.0399 e. The molecule has 0 amide bonds. The fourth-order valence-corrected chi connectivity index (χ4v) is 1.94. The average Bonchev–Trinajstić information content (AvgIpc) is 2.28. The first kappa shape index (κ1) is 13.0. The van der Waals surface area contributed by atoms with Crippen LogP contribution >= 0.6 is 0 Å². The molecule has 0 spiro atoms. The lowest BCUT2D eigenvalue weighted by molar-refractivity contribution is 0.714. The van der Waals surface area contributed by atoms with Gasteiger partial charge in [-0.1, -0.05) is 25.5 Å². The van der Waals surface area contributed by atoms with Crippen molar-refractivity contribution in [2.75, 3.05) is 24.5 Å². The Balaban J connectivity index is 2.86. The van der Waals surface area contributed by atoms with Crippen molar-refractivity contribution in [1.82, 2.24) is 0 Å². The van der Waals surface area contributed by atoms with E-state index in [-0.39, 0.29) is 0 Å². The average molecular weight is 220 g/mol. The van der Waals surface area contributed by atoms with Crippen LogP contribution in [0.15, 0.2) is 18.2 Å². The fraction of sp³-hybridized carbons (Fsp3) is 0.571. The zero-order valence-corrected chi connectivity index (χ0v) is 10.8. The number of nitrogens with two attached hydrogens (primary N) is 1. The Bertz CT molecular complexity index is 321. The minimum atomic E-state index is 0.719. The van der Waals surface area contributed by atoms with Crippen LogP contribution in [0.5, 0.6) is 0 Å². The van der Waals surface area contributed by atoms with E-state index < -0.39 is 0 Å². The fourth-order valence-electron chi connectivity index (χ4n) is 1.94. The molecule has 1 aromatic carbocycles. The number of unbranched alkanes of at least 4 members (excludes halogenated alkanes) is 1. The van der Waals surface area contributed by atoms with Crippen LogP contribution in [0, 0.1) is 13.8 Å². The van der Waals surface area contributed by atoms with Crippen molar-refractivity contribution in [3.8, 4) is 0 Å². The lowest BCUT2D eigenvalue weighted by Gasteiger charge is -2.26. The Kier molecular flexibility index (Phi) is 5.33. The molecule has 0 heterocycles. The Hall–Kier alpha value is -1.02. The zero-order valence-electron chi connectivity index (χ0n) is 10.8. The molecular formula is C14H24N2. The first-order valence-electron chi connectivity index (χ1n) is 6.22. The SMILES string of the molecule is CCCCN(CCN)c1cccc(C)c1C. The quantitative estimate of drug-likeness (QED) is 0.798. The van der Waals surface area contributed by atoms with E-state index in [1.54, 1.807) is 0 Å². The van der Waals surface area contributed by atoms with Crippen molar-refractivity contribution >= 4 is 5.69 Å². The van der Waals surface area contributed by atoms with E-state index in [0.29, 0.717) is 0 Å². The van der Waals surface area contributed by atoms with Crippen molar-refractivity contribution in [2.24, 2.45) is 5.73 Å². The van der Waals surface area contributed by atoms with Gasteiger partial charge < -0.3 is 10.6 Å². The number of nitrogens with zero attached hydrogens (tertiary/aromatic N) is 1. The Morgan fingerprint density at radius 1 is 1.19 bits per heavy atom. The van der Waals surface area contributed by atoms with Crippen LogP contribution in [-0.2, 0) is 0 Å². The molecule has 0 radical (unpaired) electrons. The van der Waals surface area contributed by atoms with Crippen molar-refractivity contribution in [3.05, 3.63) is 29.3 Å². The molecule has 0 aliphatic carbocycles. The summed E-state index contributed by atoms with van der Waals surface area (Å²) in [5.41, 5.74) is 9.77. The molecule has 2 heteroatoms. The number of hydrogen-bond donors (Lipinski definition) is 1. The zero-order chi connectivity index (χ0) is 12.0. The van der Waals surface area contributed by atoms with Crippen LogP contribution in [0.1, 0.15) is 30.9 Å². The third-order valence-electron chi connectivity index (χ3n) is 3.10. The largest absolute Gasteiger partial charge is 0.370 e. The molecule has 2 N–H and O–H groups in total. The van der Waals surface area contributed by atoms with E-state index in [1.807, 2.05) is 0 Å². The molecule has 0 aliphatic heterocycles. The van der Waals surface area contributed by atoms with Gasteiger partial charge >= 0.3 is 0 Å². The highest BCUT2D eigenvalue weighted by molar-refractivity contribution is 5.55. The number of aryl methyl sites for hydroxylation is 1. The molecular weight excluding hydrogens is 196 g/mol. The van der Waals surface area contributed by atoms with Gasteiger partial charge in [-0.25, -0.2) is 0 Å². The molecule has 16 heavy (non-hydrogen) atoms. The van der Waals surface area contributed by atoms with E-state index >= 15 is 0 Å². The molecule has 0 bridgehead atoms. The summed E-state index contributed by atoms with van der Waals surface area (Å²) in [6.07, 6.45) is 2.46. The molecule has 0 aliphatic rings. The molecule has 0 unspecified atom stereocenters. The highest BCUT2D eigenvalue weighted by atomic mass is 15.1. The number of anilines is 1. The summed E-state index contributed by atoms with van der Waals surface area (Å²) < 4.78 is 0. The normalized spacial score (nSPS) is 10.5. The summed E-state index contributed by atoms with van der Waals surface area (Å²) in [6, 6.07) is 6.50. The Morgan fingerprint density at radius 2 is 1.94 bits per heavy atom. The van der Waals surface area contributed by atoms with Gasteiger partial charge in [0.2, 0.25) is 0 Å². The van der Waals surface area contributed by atoms with Crippen LogP contribution in [0.4, 0.5) is 5.69 Å². The van der Waals surface area contributed by atoms with Gasteiger partial charge in [-0.15, -0.1) is 0 Å². The second kappa shape index (κ2) is 6.54. The van der Waals surface area contributed by atoms with Crippen LogP contribution < -0.4 is 10.6 Å². The molecule has 90 valence electrons. The number of hydrogen-bond acceptors (Lipinski definition) is 2. The highest BCUT2D eigenvalue weighted by Crippen LogP contribution is 2.22. The van der Waals surface area contributed by atoms with Crippen LogP contribution in [0.25, 0.3) is 0 Å². The molecule has 0 fully saturated rings. The maximum atomic E-state index is 5.68. The van der Waals surface area contributed by atoms with Gasteiger partial charge in [0.15, 0.2) is 0 Å². The van der Waals surface area contributed by atoms with E-state index in [1.165, 1.54) is 29.7 Å². The molecule has 1 aromatic rings. The summed E-state index contributed by atoms with van der Waals surface area (Å²) in [6.45, 7) is 9.36. The predicted octanol–water partition coefficient (Wildman–Crippen LogP) is 2.87. The van der Waals surface area contributed by atoms with E-state index in [0.717, 1.165) is 19.6 Å². The molecule has 0 saturated carbocycles. The van der Waals surface area contributed by atoms with Crippen LogP contribution in [0.2, 0.25) is 0 Å². The van der Waals surface area contributed by atoms with Crippen molar-refractivity contribution < 1.29 is 0 Å². The van der Waals surface area contributed by atoms with E-state index in [4.69, 9.17) is 5.73 Å². The summed E-state index contributed by atoms with van der Waals surface area (Å²) >= 11 is 0. The van der Waals surface area contributed by atoms with Gasteiger partial charge in [0, 0.05) is 25.3 Å². The monoisotopic (exact) mass is 220 g/mol. The standard InChI is InChI=1S/C14H24N2/c1-4-5-10-16(11-9-15)14-8-6-7-12(2)13(14)3/h6-8H,4-5,9-11,15H2,1-3H3. The van der Waals surface area contributed by atoms with Crippen molar-refractivity contribution in [3.63, 3.8) is 0 Å². The van der Waals surface area contributed by atoms with Crippen LogP contribution in [-0.4, -0.2) is 19.6 Å². The smallest absolute Gasteiger partial charge is 0.0399 e. The van der Waals surface area contributed by atoms with E-state index in [9.17, 15) is 0 Å². The summed E-state index contributed by atoms with van der Waals surface area (Å²) in [5, 5.41) is 0. The summed E-state index contributed by atoms with van der Waals surface area (Å²) in [7, 11) is 0. The van der Waals surface area contributed by atoms with E-state index in [2.05, 4.69) is 43.9 Å². The van der Waals surface area contributed by atoms with Crippen molar-refractivity contribution in [1.29, 1.82) is 0 Å². The Labute approximate surface area is 99.5 Å². The van der Waals surface area contributed by atoms with Gasteiger partial charge in [0.25, 0.3) is 0 Å². The first-order chi connectivity index (χ1) is 7.70. The second-order valence-electron chi connectivity index (χ2n) is 4.35. The van der Waals surface area contributed by atoms with Gasteiger partial charge in [-0.05, 0) is 37.5 Å². The maximum absolute atomic E-state index is 5.68. The number of benzene rings is 1. The minimum Gasteiger partial charge on any atom is -0.370 e. The third-order valence-corrected chi connectivity index (χ3v) is 3.10. The lowest BCUT2D eigenvalue weighted by Crippen LogP contribution is -2.31. The van der Waals surface area contributed by atoms with Gasteiger partial charge in [0.05, 0.1) is 0 Å². The second-order valence-corrected chi connectivity index (χ2v) is 4.35. The number of rotatable bonds is 6. The van der Waals surface area contributed by atoms with Crippen molar-refractivity contribution in [2.45, 2.75) is 33.6 Å². The van der Waals surface area contributed by atoms with Gasteiger partial charge in [-0.3, -0.25) is 0 Å². The predicted molar refractivity (Wildman–Crippen MR) is 72.1 cm³/mol. The molecule has 0 atom stereocenters. The molecule has 2 nitrogen and oxygen atoms in total. The molecule has 1 rings (SSSR count). The molecule has 0 aromatic heterocycles. The Morgan fingerprint density at radius 3 is 2.56 bits per heavy atom. The highest BCUT2D eigenvalue weighted by Gasteiger charge is 2.08. The third kappa shape index (κ3) is 3.24.